The first-order valence-electron chi connectivity index (χ1n) is 10.8. The second-order valence-electron chi connectivity index (χ2n) is 8.28. The van der Waals surface area contributed by atoms with Gasteiger partial charge in [-0.25, -0.2) is 0 Å². The van der Waals surface area contributed by atoms with Gasteiger partial charge in [-0.3, -0.25) is 9.32 Å². The maximum Gasteiger partial charge on any atom is 0.330 e. The highest BCUT2D eigenvalue weighted by molar-refractivity contribution is 7.40. The molecular formula is C20H43NO7P+. The molecule has 0 aliphatic rings. The molecule has 0 aliphatic heterocycles. The zero-order valence-electron chi connectivity index (χ0n) is 18.7. The van der Waals surface area contributed by atoms with Gasteiger partial charge in [-0.1, -0.05) is 45.4 Å². The van der Waals surface area contributed by atoms with Crippen LogP contribution in [0.4, 0.5) is 0 Å². The Kier molecular flexibility index (Phi) is 17.1. The van der Waals surface area contributed by atoms with Crippen LogP contribution in [-0.4, -0.2) is 78.9 Å². The molecule has 0 fully saturated rings. The van der Waals surface area contributed by atoms with Gasteiger partial charge in [0.25, 0.3) is 0 Å². The molecule has 3 N–H and O–H groups in total. The fourth-order valence-corrected chi connectivity index (χ4v) is 3.49. The molecule has 0 spiro atoms. The number of carboxylic acid groups (broad SMARTS) is 1. The van der Waals surface area contributed by atoms with E-state index < -0.39 is 33.3 Å². The van der Waals surface area contributed by atoms with Crippen molar-refractivity contribution >= 4 is 14.6 Å². The van der Waals surface area contributed by atoms with Crippen molar-refractivity contribution in [3.05, 3.63) is 0 Å². The van der Waals surface area contributed by atoms with Crippen LogP contribution in [0.3, 0.4) is 0 Å². The fraction of sp³-hybridized carbons (Fsp3) is 0.950. The number of aliphatic hydroxyl groups is 1. The third-order valence-corrected chi connectivity index (χ3v) is 5.36. The van der Waals surface area contributed by atoms with E-state index in [1.54, 1.807) is 21.1 Å². The predicted octanol–water partition coefficient (Wildman–Crippen LogP) is 3.65. The lowest BCUT2D eigenvalue weighted by molar-refractivity contribution is -0.922. The maximum absolute atomic E-state index is 11.0. The number of quaternary nitrogens is 1. The first kappa shape index (κ1) is 28.7. The second kappa shape index (κ2) is 17.4. The molecule has 9 heteroatoms. The number of carboxylic acids is 1. The van der Waals surface area contributed by atoms with E-state index in [-0.39, 0.29) is 4.48 Å². The summed E-state index contributed by atoms with van der Waals surface area (Å²) < 4.78 is 16.2. The summed E-state index contributed by atoms with van der Waals surface area (Å²) >= 11 is 0. The Balaban J connectivity index is 3.76. The lowest BCUT2D eigenvalue weighted by Crippen LogP contribution is -2.52. The molecule has 3 atom stereocenters. The minimum atomic E-state index is -2.24. The number of hydrogen-bond acceptors (Lipinski definition) is 6. The molecule has 0 saturated heterocycles. The van der Waals surface area contributed by atoms with E-state index in [0.717, 1.165) is 19.4 Å². The van der Waals surface area contributed by atoms with Crippen molar-refractivity contribution in [3.8, 4) is 0 Å². The third-order valence-electron chi connectivity index (χ3n) is 4.50. The van der Waals surface area contributed by atoms with Gasteiger partial charge in [0.05, 0.1) is 34.2 Å². The molecule has 0 rings (SSSR count). The van der Waals surface area contributed by atoms with Crippen molar-refractivity contribution in [2.75, 3.05) is 41.0 Å². The molecule has 0 saturated carbocycles. The van der Waals surface area contributed by atoms with Crippen LogP contribution in [-0.2, 0) is 18.6 Å². The molecule has 0 aromatic heterocycles. The molecule has 0 aromatic carbocycles. The largest absolute Gasteiger partial charge is 0.481 e. The van der Waals surface area contributed by atoms with E-state index in [4.69, 9.17) is 18.9 Å². The van der Waals surface area contributed by atoms with Crippen LogP contribution in [0.1, 0.15) is 71.1 Å². The first-order chi connectivity index (χ1) is 13.7. The number of aliphatic carboxylic acids is 1. The molecule has 3 unspecified atom stereocenters. The van der Waals surface area contributed by atoms with Crippen LogP contribution in [0.5, 0.6) is 0 Å². The summed E-state index contributed by atoms with van der Waals surface area (Å²) in [5.74, 6) is -1.11. The van der Waals surface area contributed by atoms with Crippen LogP contribution in [0.2, 0.25) is 0 Å². The topological polar surface area (TPSA) is 105 Å². The van der Waals surface area contributed by atoms with Crippen molar-refractivity contribution < 1.29 is 38.2 Å². The van der Waals surface area contributed by atoms with Crippen LogP contribution in [0.15, 0.2) is 0 Å². The fourth-order valence-electron chi connectivity index (χ4n) is 2.73. The number of aliphatic hydroxyl groups excluding tert-OH is 1. The highest BCUT2D eigenvalue weighted by atomic mass is 31.2. The maximum atomic E-state index is 11.0. The monoisotopic (exact) mass is 440 g/mol. The predicted molar refractivity (Wildman–Crippen MR) is 114 cm³/mol. The molecular weight excluding hydrogens is 397 g/mol. The molecule has 0 aliphatic carbocycles. The lowest BCUT2D eigenvalue weighted by Gasteiger charge is -2.34. The summed E-state index contributed by atoms with van der Waals surface area (Å²) in [6.45, 7) is 3.96. The number of unbranched alkanes of at least 4 members (excludes halogenated alkanes) is 7. The van der Waals surface area contributed by atoms with Crippen molar-refractivity contribution in [1.29, 1.82) is 0 Å². The average Bonchev–Trinajstić information content (AvgIpc) is 2.63. The van der Waals surface area contributed by atoms with Gasteiger partial charge in [0.1, 0.15) is 0 Å². The smallest absolute Gasteiger partial charge is 0.330 e. The van der Waals surface area contributed by atoms with Gasteiger partial charge in [-0.15, -0.1) is 0 Å². The summed E-state index contributed by atoms with van der Waals surface area (Å²) in [6.07, 6.45) is 7.83. The highest BCUT2D eigenvalue weighted by Gasteiger charge is 2.35. The minimum Gasteiger partial charge on any atom is -0.481 e. The molecule has 0 aromatic rings. The van der Waals surface area contributed by atoms with Gasteiger partial charge in [-0.2, -0.15) is 0 Å². The Morgan fingerprint density at radius 1 is 0.931 bits per heavy atom. The van der Waals surface area contributed by atoms with E-state index in [1.807, 2.05) is 0 Å². The molecule has 0 heterocycles. The Morgan fingerprint density at radius 3 is 2.00 bits per heavy atom. The molecule has 0 bridgehead atoms. The van der Waals surface area contributed by atoms with Gasteiger partial charge in [0.2, 0.25) is 6.23 Å². The SMILES string of the molecule is CCCCCCCCCOCCCCOP(O)OC(CC(=O)O)C(O)[N+](C)(C)C. The molecule has 8 nitrogen and oxygen atoms in total. The summed E-state index contributed by atoms with van der Waals surface area (Å²) in [5, 5.41) is 19.2. The Bertz CT molecular complexity index is 407. The average molecular weight is 441 g/mol. The van der Waals surface area contributed by atoms with Crippen molar-refractivity contribution in [2.24, 2.45) is 0 Å². The number of rotatable bonds is 20. The number of likely N-dealkylation sites (N-methyl/N-ethyl adjacent to an activating group) is 1. The zero-order valence-corrected chi connectivity index (χ0v) is 19.6. The first-order valence-corrected chi connectivity index (χ1v) is 11.9. The number of hydrogen-bond donors (Lipinski definition) is 3. The van der Waals surface area contributed by atoms with Crippen LogP contribution in [0, 0.1) is 0 Å². The van der Waals surface area contributed by atoms with Gasteiger partial charge in [0.15, 0.2) is 6.10 Å². The van der Waals surface area contributed by atoms with E-state index in [2.05, 4.69) is 6.92 Å². The summed E-state index contributed by atoms with van der Waals surface area (Å²) in [4.78, 5) is 20.9. The highest BCUT2D eigenvalue weighted by Crippen LogP contribution is 2.37. The molecule has 29 heavy (non-hydrogen) atoms. The Labute approximate surface area is 177 Å². The van der Waals surface area contributed by atoms with Crippen molar-refractivity contribution in [1.82, 2.24) is 0 Å². The quantitative estimate of drug-likeness (QED) is 0.115. The van der Waals surface area contributed by atoms with E-state index >= 15 is 0 Å². The number of ether oxygens (including phenoxy) is 1. The lowest BCUT2D eigenvalue weighted by atomic mass is 10.1. The Hall–Kier alpha value is -0.340. The van der Waals surface area contributed by atoms with E-state index in [0.29, 0.717) is 19.6 Å². The Morgan fingerprint density at radius 2 is 1.45 bits per heavy atom. The van der Waals surface area contributed by atoms with Gasteiger partial charge in [-0.05, 0) is 19.3 Å². The van der Waals surface area contributed by atoms with Crippen molar-refractivity contribution in [3.63, 3.8) is 0 Å². The van der Waals surface area contributed by atoms with Gasteiger partial charge >= 0.3 is 14.6 Å². The summed E-state index contributed by atoms with van der Waals surface area (Å²) in [6, 6.07) is 0. The standard InChI is InChI=1S/C20H42NO7P/c1-5-6-7-8-9-10-11-14-26-15-12-13-16-27-29(25)28-18(17-19(22)23)20(24)21(2,3)4/h18,20,24-25H,5-17H2,1-4H3/p+1. The van der Waals surface area contributed by atoms with E-state index in [9.17, 15) is 14.8 Å². The summed E-state index contributed by atoms with van der Waals surface area (Å²) in [5.41, 5.74) is 0. The van der Waals surface area contributed by atoms with E-state index in [1.165, 1.54) is 38.5 Å². The summed E-state index contributed by atoms with van der Waals surface area (Å²) in [7, 11) is 2.91. The molecule has 0 radical (unpaired) electrons. The second-order valence-corrected chi connectivity index (χ2v) is 9.23. The normalized spacial score (nSPS) is 15.2. The van der Waals surface area contributed by atoms with Crippen molar-refractivity contribution in [2.45, 2.75) is 83.5 Å². The minimum absolute atomic E-state index is 0.0944. The van der Waals surface area contributed by atoms with Crippen LogP contribution < -0.4 is 0 Å². The molecule has 174 valence electrons. The third kappa shape index (κ3) is 17.1. The van der Waals surface area contributed by atoms with Gasteiger partial charge < -0.3 is 28.9 Å². The van der Waals surface area contributed by atoms with Gasteiger partial charge in [0, 0.05) is 13.2 Å². The zero-order chi connectivity index (χ0) is 22.1. The van der Waals surface area contributed by atoms with Crippen LogP contribution >= 0.6 is 8.60 Å². The molecule has 0 amide bonds. The number of nitrogens with zero attached hydrogens (tertiary/aromatic N) is 1. The number of carbonyl (C=O) groups is 1. The van der Waals surface area contributed by atoms with Crippen LogP contribution in [0.25, 0.3) is 0 Å².